The Morgan fingerprint density at radius 1 is 1.19 bits per heavy atom. The average Bonchev–Trinajstić information content (AvgIpc) is 3.41. The molecule has 5 rings (SSSR count). The average molecular weight is 427 g/mol. The fourth-order valence-corrected chi connectivity index (χ4v) is 4.00. The molecule has 1 amide bonds. The van der Waals surface area contributed by atoms with E-state index in [0.29, 0.717) is 17.2 Å². The number of methoxy groups -OCH3 is 1. The third-order valence-corrected chi connectivity index (χ3v) is 6.05. The van der Waals surface area contributed by atoms with E-state index in [1.165, 1.54) is 38.0 Å². The van der Waals surface area contributed by atoms with Gasteiger partial charge in [0.25, 0.3) is 5.91 Å². The standard InChI is InChI=1S/C23H23F2N3O3/c1-30-18-9-15(10-19(31-23(24)25)21(18)22(29)27-16-5-6-16)17-12-26-20-11-14(7-8-28(17)20)13-3-2-4-13/h7-13,16,23H,2-6H2,1H3,(H,27,29). The van der Waals surface area contributed by atoms with Crippen molar-refractivity contribution in [1.82, 2.24) is 14.7 Å². The van der Waals surface area contributed by atoms with E-state index >= 15 is 0 Å². The molecule has 162 valence electrons. The van der Waals surface area contributed by atoms with Crippen LogP contribution < -0.4 is 14.8 Å². The van der Waals surface area contributed by atoms with Gasteiger partial charge in [-0.2, -0.15) is 8.78 Å². The molecule has 1 N–H and O–H groups in total. The van der Waals surface area contributed by atoms with Gasteiger partial charge in [-0.15, -0.1) is 0 Å². The molecule has 6 nitrogen and oxygen atoms in total. The van der Waals surface area contributed by atoms with E-state index in [4.69, 9.17) is 9.47 Å². The number of pyridine rings is 1. The molecule has 2 fully saturated rings. The maximum Gasteiger partial charge on any atom is 0.387 e. The van der Waals surface area contributed by atoms with E-state index < -0.39 is 12.5 Å². The Hall–Kier alpha value is -3.16. The molecule has 31 heavy (non-hydrogen) atoms. The van der Waals surface area contributed by atoms with Crippen molar-refractivity contribution < 1.29 is 23.0 Å². The molecule has 0 spiro atoms. The number of nitrogens with one attached hydrogen (secondary N) is 1. The number of fused-ring (bicyclic) bond motifs is 1. The third kappa shape index (κ3) is 3.82. The van der Waals surface area contributed by atoms with E-state index in [9.17, 15) is 13.6 Å². The largest absolute Gasteiger partial charge is 0.496 e. The van der Waals surface area contributed by atoms with Crippen LogP contribution in [0.25, 0.3) is 16.9 Å². The number of nitrogens with zero attached hydrogens (tertiary/aromatic N) is 2. The van der Waals surface area contributed by atoms with Crippen molar-refractivity contribution in [2.45, 2.75) is 50.7 Å². The predicted octanol–water partition coefficient (Wildman–Crippen LogP) is 4.77. The molecule has 0 bridgehead atoms. The predicted molar refractivity (Wildman–Crippen MR) is 111 cm³/mol. The quantitative estimate of drug-likeness (QED) is 0.590. The second kappa shape index (κ2) is 7.83. The molecule has 8 heteroatoms. The second-order valence-corrected chi connectivity index (χ2v) is 8.14. The lowest BCUT2D eigenvalue weighted by atomic mass is 9.80. The maximum atomic E-state index is 13.1. The molecule has 0 atom stereocenters. The number of imidazole rings is 1. The lowest BCUT2D eigenvalue weighted by molar-refractivity contribution is -0.0502. The van der Waals surface area contributed by atoms with Crippen LogP contribution in [0, 0.1) is 0 Å². The number of ether oxygens (including phenoxy) is 2. The summed E-state index contributed by atoms with van der Waals surface area (Å²) in [6.07, 6.45) is 9.02. The molecule has 2 aliphatic carbocycles. The Morgan fingerprint density at radius 3 is 2.61 bits per heavy atom. The van der Waals surface area contributed by atoms with Crippen molar-refractivity contribution in [3.05, 3.63) is 47.8 Å². The van der Waals surface area contributed by atoms with E-state index in [0.717, 1.165) is 18.5 Å². The minimum Gasteiger partial charge on any atom is -0.496 e. The summed E-state index contributed by atoms with van der Waals surface area (Å²) in [5, 5.41) is 2.81. The van der Waals surface area contributed by atoms with Crippen LogP contribution in [-0.4, -0.2) is 35.1 Å². The molecule has 0 unspecified atom stereocenters. The van der Waals surface area contributed by atoms with Gasteiger partial charge < -0.3 is 14.8 Å². The number of carbonyl (C=O) groups is 1. The topological polar surface area (TPSA) is 64.9 Å². The van der Waals surface area contributed by atoms with Crippen LogP contribution in [0.1, 0.15) is 53.9 Å². The monoisotopic (exact) mass is 427 g/mol. The number of aromatic nitrogens is 2. The van der Waals surface area contributed by atoms with Gasteiger partial charge in [0.05, 0.1) is 19.0 Å². The van der Waals surface area contributed by atoms with Crippen molar-refractivity contribution in [2.75, 3.05) is 7.11 Å². The normalized spacial score (nSPS) is 16.4. The zero-order valence-corrected chi connectivity index (χ0v) is 17.1. The number of carbonyl (C=O) groups excluding carboxylic acids is 1. The Labute approximate surface area is 178 Å². The SMILES string of the molecule is COc1cc(-c2cnc3cc(C4CCC4)ccn23)cc(OC(F)F)c1C(=O)NC1CC1. The van der Waals surface area contributed by atoms with Crippen molar-refractivity contribution in [2.24, 2.45) is 0 Å². The summed E-state index contributed by atoms with van der Waals surface area (Å²) in [5.74, 6) is 0.0567. The van der Waals surface area contributed by atoms with Gasteiger partial charge in [-0.05, 0) is 61.4 Å². The summed E-state index contributed by atoms with van der Waals surface area (Å²) >= 11 is 0. The Bertz CT molecular complexity index is 1140. The van der Waals surface area contributed by atoms with E-state index in [1.54, 1.807) is 12.3 Å². The van der Waals surface area contributed by atoms with Crippen molar-refractivity contribution in [1.29, 1.82) is 0 Å². The summed E-state index contributed by atoms with van der Waals surface area (Å²) in [4.78, 5) is 17.2. The minimum atomic E-state index is -3.07. The number of amides is 1. The van der Waals surface area contributed by atoms with Crippen LogP contribution in [0.5, 0.6) is 11.5 Å². The first-order chi connectivity index (χ1) is 15.0. The molecule has 2 aliphatic rings. The fraction of sp³-hybridized carbons (Fsp3) is 0.391. The van der Waals surface area contributed by atoms with Gasteiger partial charge in [-0.25, -0.2) is 4.98 Å². The smallest absolute Gasteiger partial charge is 0.387 e. The number of hydrogen-bond acceptors (Lipinski definition) is 4. The highest BCUT2D eigenvalue weighted by Crippen LogP contribution is 2.39. The van der Waals surface area contributed by atoms with E-state index in [-0.39, 0.29) is 23.1 Å². The first-order valence-electron chi connectivity index (χ1n) is 10.5. The van der Waals surface area contributed by atoms with Gasteiger partial charge in [0, 0.05) is 17.8 Å². The van der Waals surface area contributed by atoms with E-state index in [1.807, 2.05) is 10.6 Å². The molecule has 2 saturated carbocycles. The fourth-order valence-electron chi connectivity index (χ4n) is 4.00. The highest BCUT2D eigenvalue weighted by atomic mass is 19.3. The molecule has 2 aromatic heterocycles. The Balaban J connectivity index is 1.57. The summed E-state index contributed by atoms with van der Waals surface area (Å²) in [6, 6.07) is 7.31. The molecule has 2 heterocycles. The zero-order chi connectivity index (χ0) is 21.5. The van der Waals surface area contributed by atoms with Crippen LogP contribution >= 0.6 is 0 Å². The van der Waals surface area contributed by atoms with Crippen molar-refractivity contribution in [3.63, 3.8) is 0 Å². The molecule has 0 saturated heterocycles. The maximum absolute atomic E-state index is 13.1. The molecule has 3 aromatic rings. The summed E-state index contributed by atoms with van der Waals surface area (Å²) < 4.78 is 38.3. The van der Waals surface area contributed by atoms with Gasteiger partial charge in [0.15, 0.2) is 0 Å². The molecular formula is C23H23F2N3O3. The highest BCUT2D eigenvalue weighted by molar-refractivity contribution is 6.01. The lowest BCUT2D eigenvalue weighted by Gasteiger charge is -2.25. The number of hydrogen-bond donors (Lipinski definition) is 1. The van der Waals surface area contributed by atoms with Gasteiger partial charge in [-0.1, -0.05) is 6.42 Å². The Morgan fingerprint density at radius 2 is 1.97 bits per heavy atom. The Kier molecular flexibility index (Phi) is 5.00. The summed E-state index contributed by atoms with van der Waals surface area (Å²) in [6.45, 7) is -3.07. The first kappa shape index (κ1) is 19.8. The lowest BCUT2D eigenvalue weighted by Crippen LogP contribution is -2.26. The second-order valence-electron chi connectivity index (χ2n) is 8.14. The van der Waals surface area contributed by atoms with Gasteiger partial charge in [0.2, 0.25) is 0 Å². The zero-order valence-electron chi connectivity index (χ0n) is 17.1. The van der Waals surface area contributed by atoms with Crippen molar-refractivity contribution >= 4 is 11.6 Å². The van der Waals surface area contributed by atoms with Crippen molar-refractivity contribution in [3.8, 4) is 22.8 Å². The van der Waals surface area contributed by atoms with Crippen LogP contribution in [0.15, 0.2) is 36.7 Å². The van der Waals surface area contributed by atoms with Crippen LogP contribution in [0.4, 0.5) is 8.78 Å². The van der Waals surface area contributed by atoms with Crippen LogP contribution in [0.3, 0.4) is 0 Å². The first-order valence-corrected chi connectivity index (χ1v) is 10.5. The van der Waals surface area contributed by atoms with Gasteiger partial charge in [-0.3, -0.25) is 9.20 Å². The summed E-state index contributed by atoms with van der Waals surface area (Å²) in [5.41, 5.74) is 3.29. The number of halogens is 2. The molecular weight excluding hydrogens is 404 g/mol. The van der Waals surface area contributed by atoms with E-state index in [2.05, 4.69) is 22.4 Å². The minimum absolute atomic E-state index is 0.0282. The van der Waals surface area contributed by atoms with Crippen LogP contribution in [-0.2, 0) is 0 Å². The molecule has 0 aliphatic heterocycles. The number of rotatable bonds is 7. The van der Waals surface area contributed by atoms with Gasteiger partial charge in [0.1, 0.15) is 22.7 Å². The number of benzene rings is 1. The van der Waals surface area contributed by atoms with Crippen LogP contribution in [0.2, 0.25) is 0 Å². The highest BCUT2D eigenvalue weighted by Gasteiger charge is 2.29. The number of alkyl halides is 2. The molecule has 1 aromatic carbocycles. The summed E-state index contributed by atoms with van der Waals surface area (Å²) in [7, 11) is 1.40. The van der Waals surface area contributed by atoms with Gasteiger partial charge >= 0.3 is 6.61 Å². The third-order valence-electron chi connectivity index (χ3n) is 6.05. The molecule has 0 radical (unpaired) electrons.